The molecule has 1 aliphatic rings. The predicted octanol–water partition coefficient (Wildman–Crippen LogP) is 6.32. The number of hydrogen-bond donors (Lipinski definition) is 0. The number of allylic oxidation sites excluding steroid dienone is 1. The van der Waals surface area contributed by atoms with Gasteiger partial charge in [0.15, 0.2) is 0 Å². The van der Waals surface area contributed by atoms with E-state index in [0.717, 1.165) is 34.8 Å². The Morgan fingerprint density at radius 1 is 0.917 bits per heavy atom. The molecular weight excluding hydrogens is 363 g/mol. The molecule has 2 aromatic carbocycles. The predicted molar refractivity (Wildman–Crippen MR) is 101 cm³/mol. The van der Waals surface area contributed by atoms with Crippen molar-refractivity contribution in [3.05, 3.63) is 80.6 Å². The Morgan fingerprint density at radius 3 is 2.46 bits per heavy atom. The fourth-order valence-electron chi connectivity index (χ4n) is 3.01. The van der Waals surface area contributed by atoms with Crippen LogP contribution < -0.4 is 0 Å². The first-order valence-corrected chi connectivity index (χ1v) is 8.74. The average Bonchev–Trinajstić information content (AvgIpc) is 3.15. The Kier molecular flexibility index (Phi) is 4.13. The zero-order valence-corrected chi connectivity index (χ0v) is 14.9. The van der Waals surface area contributed by atoms with Gasteiger partial charge in [-0.3, -0.25) is 0 Å². The minimum absolute atomic E-state index is 0.527. The van der Waals surface area contributed by atoms with E-state index in [2.05, 4.69) is 11.2 Å². The largest absolute Gasteiger partial charge is 0.233 e. The molecule has 3 aromatic rings. The molecule has 0 atom stereocenters. The Morgan fingerprint density at radius 2 is 1.71 bits per heavy atom. The van der Waals surface area contributed by atoms with Crippen molar-refractivity contribution >= 4 is 46.5 Å². The quantitative estimate of drug-likeness (QED) is 0.512. The van der Waals surface area contributed by atoms with Crippen LogP contribution in [0.5, 0.6) is 0 Å². The zero-order chi connectivity index (χ0) is 16.7. The summed E-state index contributed by atoms with van der Waals surface area (Å²) in [5.41, 5.74) is 5.69. The van der Waals surface area contributed by atoms with Crippen LogP contribution in [0.15, 0.2) is 48.7 Å². The molecule has 0 saturated carbocycles. The van der Waals surface area contributed by atoms with Crippen molar-refractivity contribution in [2.75, 3.05) is 0 Å². The minimum Gasteiger partial charge on any atom is -0.233 e. The summed E-state index contributed by atoms with van der Waals surface area (Å²) < 4.78 is 1.94. The normalized spacial score (nSPS) is 15.0. The van der Waals surface area contributed by atoms with Gasteiger partial charge in [-0.25, -0.2) is 4.68 Å². The van der Waals surface area contributed by atoms with E-state index in [1.165, 1.54) is 11.1 Å². The van der Waals surface area contributed by atoms with Gasteiger partial charge >= 0.3 is 0 Å². The van der Waals surface area contributed by atoms with Gasteiger partial charge in [0.2, 0.25) is 0 Å². The second kappa shape index (κ2) is 6.29. The Balaban J connectivity index is 1.79. The first-order chi connectivity index (χ1) is 11.6. The second-order valence-corrected chi connectivity index (χ2v) is 7.00. The second-order valence-electron chi connectivity index (χ2n) is 5.75. The van der Waals surface area contributed by atoms with Crippen LogP contribution in [0.4, 0.5) is 0 Å². The van der Waals surface area contributed by atoms with Crippen LogP contribution in [0.1, 0.15) is 23.2 Å². The summed E-state index contributed by atoms with van der Waals surface area (Å²) in [6.45, 7) is 0. The molecule has 0 N–H and O–H groups in total. The Hall–Kier alpha value is -1.74. The third-order valence-corrected chi connectivity index (χ3v) is 5.16. The van der Waals surface area contributed by atoms with Crippen LogP contribution in [0.2, 0.25) is 15.1 Å². The molecular formula is C19H13Cl3N2. The number of aromatic nitrogens is 2. The van der Waals surface area contributed by atoms with Crippen LogP contribution in [0, 0.1) is 0 Å². The molecule has 1 aromatic heterocycles. The van der Waals surface area contributed by atoms with E-state index >= 15 is 0 Å². The van der Waals surface area contributed by atoms with Gasteiger partial charge in [-0.15, -0.1) is 0 Å². The van der Waals surface area contributed by atoms with E-state index < -0.39 is 0 Å². The number of nitrogens with zero attached hydrogens (tertiary/aromatic N) is 2. The van der Waals surface area contributed by atoms with E-state index in [-0.39, 0.29) is 0 Å². The molecule has 0 amide bonds. The highest BCUT2D eigenvalue weighted by molar-refractivity contribution is 6.42. The molecule has 0 aliphatic heterocycles. The Labute approximate surface area is 155 Å². The van der Waals surface area contributed by atoms with Gasteiger partial charge in [0.05, 0.1) is 27.6 Å². The van der Waals surface area contributed by atoms with E-state index in [0.29, 0.717) is 10.0 Å². The highest BCUT2D eigenvalue weighted by Gasteiger charge is 2.22. The summed E-state index contributed by atoms with van der Waals surface area (Å²) in [5, 5.41) is 6.35. The fourth-order valence-corrected chi connectivity index (χ4v) is 3.43. The average molecular weight is 376 g/mol. The first kappa shape index (κ1) is 15.8. The summed E-state index contributed by atoms with van der Waals surface area (Å²) in [6.07, 6.45) is 6.12. The maximum Gasteiger partial charge on any atom is 0.0733 e. The van der Waals surface area contributed by atoms with Gasteiger partial charge in [-0.05, 0) is 65.9 Å². The summed E-state index contributed by atoms with van der Waals surface area (Å²) >= 11 is 18.2. The van der Waals surface area contributed by atoms with Crippen LogP contribution in [0.25, 0.3) is 17.3 Å². The number of aryl methyl sites for hydroxylation is 1. The number of fused-ring (bicyclic) bond motifs is 1. The SMILES string of the molecule is Clc1ccc(/C=C2\CCc3cnn(-c4ccc(Cl)c(Cl)c4)c32)cc1. The number of halogens is 3. The molecule has 24 heavy (non-hydrogen) atoms. The number of rotatable bonds is 2. The molecule has 2 nitrogen and oxygen atoms in total. The molecule has 120 valence electrons. The van der Waals surface area contributed by atoms with Gasteiger partial charge in [-0.1, -0.05) is 46.9 Å². The summed E-state index contributed by atoms with van der Waals surface area (Å²) in [7, 11) is 0. The van der Waals surface area contributed by atoms with Crippen LogP contribution in [-0.4, -0.2) is 9.78 Å². The maximum atomic E-state index is 6.16. The van der Waals surface area contributed by atoms with Gasteiger partial charge in [0, 0.05) is 5.02 Å². The van der Waals surface area contributed by atoms with Gasteiger partial charge in [0.1, 0.15) is 0 Å². The highest BCUT2D eigenvalue weighted by Crippen LogP contribution is 2.36. The number of hydrogen-bond acceptors (Lipinski definition) is 1. The summed E-state index contributed by atoms with van der Waals surface area (Å²) in [6, 6.07) is 13.4. The van der Waals surface area contributed by atoms with Gasteiger partial charge in [0.25, 0.3) is 0 Å². The molecule has 4 rings (SSSR count). The lowest BCUT2D eigenvalue weighted by atomic mass is 10.1. The van der Waals surface area contributed by atoms with Gasteiger partial charge in [-0.2, -0.15) is 5.10 Å². The summed E-state index contributed by atoms with van der Waals surface area (Å²) in [4.78, 5) is 0. The molecule has 0 radical (unpaired) electrons. The van der Waals surface area contributed by atoms with E-state index in [9.17, 15) is 0 Å². The lowest BCUT2D eigenvalue weighted by molar-refractivity contribution is 0.865. The van der Waals surface area contributed by atoms with Gasteiger partial charge < -0.3 is 0 Å². The standard InChI is InChI=1S/C19H13Cl3N2/c20-15-5-1-12(2-6-15)9-13-3-4-14-11-23-24(19(13)14)16-7-8-17(21)18(22)10-16/h1-2,5-11H,3-4H2/b13-9+. The zero-order valence-electron chi connectivity index (χ0n) is 12.6. The third-order valence-electron chi connectivity index (χ3n) is 4.17. The smallest absolute Gasteiger partial charge is 0.0733 e. The van der Waals surface area contributed by atoms with Crippen molar-refractivity contribution in [2.45, 2.75) is 12.8 Å². The molecule has 0 spiro atoms. The molecule has 0 unspecified atom stereocenters. The van der Waals surface area contributed by atoms with Crippen LogP contribution in [-0.2, 0) is 6.42 Å². The molecule has 0 saturated heterocycles. The van der Waals surface area contributed by atoms with Crippen molar-refractivity contribution < 1.29 is 0 Å². The highest BCUT2D eigenvalue weighted by atomic mass is 35.5. The van der Waals surface area contributed by atoms with Crippen molar-refractivity contribution in [2.24, 2.45) is 0 Å². The van der Waals surface area contributed by atoms with Crippen molar-refractivity contribution in [3.8, 4) is 5.69 Å². The van der Waals surface area contributed by atoms with E-state index in [1.54, 1.807) is 6.07 Å². The third kappa shape index (κ3) is 2.86. The maximum absolute atomic E-state index is 6.16. The summed E-state index contributed by atoms with van der Waals surface area (Å²) in [5.74, 6) is 0. The minimum atomic E-state index is 0.527. The lowest BCUT2D eigenvalue weighted by Gasteiger charge is -2.09. The topological polar surface area (TPSA) is 17.8 Å². The van der Waals surface area contributed by atoms with Crippen molar-refractivity contribution in [3.63, 3.8) is 0 Å². The lowest BCUT2D eigenvalue weighted by Crippen LogP contribution is -2.00. The molecule has 1 aliphatic carbocycles. The molecule has 0 bridgehead atoms. The monoisotopic (exact) mass is 374 g/mol. The molecule has 0 fully saturated rings. The first-order valence-electron chi connectivity index (χ1n) is 7.60. The van der Waals surface area contributed by atoms with E-state index in [4.69, 9.17) is 34.8 Å². The van der Waals surface area contributed by atoms with Crippen LogP contribution in [0.3, 0.4) is 0 Å². The van der Waals surface area contributed by atoms with E-state index in [1.807, 2.05) is 47.3 Å². The van der Waals surface area contributed by atoms with Crippen molar-refractivity contribution in [1.82, 2.24) is 9.78 Å². The fraction of sp³-hybridized carbons (Fsp3) is 0.105. The van der Waals surface area contributed by atoms with Crippen molar-refractivity contribution in [1.29, 1.82) is 0 Å². The molecule has 1 heterocycles. The Bertz CT molecular complexity index is 940. The number of benzene rings is 2. The molecule has 5 heteroatoms. The van der Waals surface area contributed by atoms with Crippen LogP contribution >= 0.6 is 34.8 Å².